The lowest BCUT2D eigenvalue weighted by atomic mass is 10.4. The molecule has 0 aliphatic heterocycles. The van der Waals surface area contributed by atoms with Gasteiger partial charge in [-0.15, -0.1) is 0 Å². The van der Waals surface area contributed by atoms with Crippen LogP contribution in [0.25, 0.3) is 0 Å². The molecule has 0 bridgehead atoms. The number of hydrogen-bond donors (Lipinski definition) is 6. The summed E-state index contributed by atoms with van der Waals surface area (Å²) in [6.45, 7) is 0. The molecule has 2 heterocycles. The molecule has 8 nitrogen and oxygen atoms in total. The van der Waals surface area contributed by atoms with E-state index in [1.807, 2.05) is 0 Å². The van der Waals surface area contributed by atoms with Crippen LogP contribution in [0.4, 0.5) is 11.4 Å². The smallest absolute Gasteiger partial charge is 0.250 e. The van der Waals surface area contributed by atoms with E-state index in [2.05, 4.69) is 9.97 Å². The fourth-order valence-electron chi connectivity index (χ4n) is 0.928. The van der Waals surface area contributed by atoms with Gasteiger partial charge < -0.3 is 31.8 Å². The average molecular weight is 252 g/mol. The second-order valence-electron chi connectivity index (χ2n) is 3.23. The number of H-pyrrole nitrogens is 1. The third kappa shape index (κ3) is 3.30. The number of nitrogen functional groups attached to an aromatic ring is 2. The van der Waals surface area contributed by atoms with Crippen molar-refractivity contribution in [2.75, 3.05) is 11.5 Å². The molecule has 0 fully saturated rings. The van der Waals surface area contributed by atoms with Gasteiger partial charge in [0.25, 0.3) is 0 Å². The first-order valence-corrected chi connectivity index (χ1v) is 4.70. The topological polar surface area (TPSA) is 158 Å². The van der Waals surface area contributed by atoms with Gasteiger partial charge in [0.2, 0.25) is 5.56 Å². The quantitative estimate of drug-likeness (QED) is 0.376. The van der Waals surface area contributed by atoms with Gasteiger partial charge in [0.15, 0.2) is 17.2 Å². The summed E-state index contributed by atoms with van der Waals surface area (Å²) in [7, 11) is 0. The highest BCUT2D eigenvalue weighted by molar-refractivity contribution is 5.59. The Morgan fingerprint density at radius 2 is 1.61 bits per heavy atom. The van der Waals surface area contributed by atoms with Gasteiger partial charge in [-0.05, 0) is 0 Å². The van der Waals surface area contributed by atoms with E-state index in [9.17, 15) is 4.79 Å². The molecule has 0 amide bonds. The Hall–Kier alpha value is -2.90. The molecule has 2 rings (SSSR count). The van der Waals surface area contributed by atoms with Crippen molar-refractivity contribution in [3.8, 4) is 17.2 Å². The fraction of sp³-hybridized carbons (Fsp3) is 0. The van der Waals surface area contributed by atoms with Crippen molar-refractivity contribution in [3.63, 3.8) is 0 Å². The highest BCUT2D eigenvalue weighted by Crippen LogP contribution is 2.26. The second-order valence-corrected chi connectivity index (χ2v) is 3.23. The maximum atomic E-state index is 10.4. The number of rotatable bonds is 0. The standard InChI is InChI=1S/2C5H6N2O2/c6-5-3(8)1-7-2-4(5)9;6-3-1-5(9)7-2-4(3)8/h1-2,8-9H,(H2,6,7);1-2,8H,(H3,6,7,9). The lowest BCUT2D eigenvalue weighted by molar-refractivity contribution is 0.451. The van der Waals surface area contributed by atoms with Crippen LogP contribution in [0, 0.1) is 0 Å². The summed E-state index contributed by atoms with van der Waals surface area (Å²) < 4.78 is 0. The van der Waals surface area contributed by atoms with Crippen molar-refractivity contribution in [2.45, 2.75) is 0 Å². The predicted octanol–water partition coefficient (Wildman–Crippen LogP) is -0.262. The maximum Gasteiger partial charge on any atom is 0.250 e. The summed E-state index contributed by atoms with van der Waals surface area (Å²) in [5.41, 5.74) is 10.0. The van der Waals surface area contributed by atoms with E-state index in [1.165, 1.54) is 0 Å². The van der Waals surface area contributed by atoms with Crippen LogP contribution < -0.4 is 17.0 Å². The van der Waals surface area contributed by atoms with Gasteiger partial charge in [-0.3, -0.25) is 9.78 Å². The first-order valence-electron chi connectivity index (χ1n) is 4.70. The highest BCUT2D eigenvalue weighted by Gasteiger charge is 1.99. The van der Waals surface area contributed by atoms with Crippen molar-refractivity contribution in [2.24, 2.45) is 0 Å². The Balaban J connectivity index is 0.000000180. The molecule has 0 aliphatic rings. The summed E-state index contributed by atoms with van der Waals surface area (Å²) in [6.07, 6.45) is 3.47. The molecule has 0 unspecified atom stereocenters. The van der Waals surface area contributed by atoms with Crippen molar-refractivity contribution < 1.29 is 15.3 Å². The number of pyridine rings is 2. The Bertz CT molecular complexity index is 576. The van der Waals surface area contributed by atoms with Crippen molar-refractivity contribution in [1.29, 1.82) is 0 Å². The van der Waals surface area contributed by atoms with E-state index in [0.29, 0.717) is 0 Å². The normalized spacial score (nSPS) is 9.33. The third-order valence-electron chi connectivity index (χ3n) is 1.88. The largest absolute Gasteiger partial charge is 0.504 e. The highest BCUT2D eigenvalue weighted by atomic mass is 16.3. The molecule has 2 aromatic rings. The SMILES string of the molecule is Nc1c(O)cncc1O.Nc1cc(=O)[nH]cc1O. The van der Waals surface area contributed by atoms with Crippen LogP contribution in [0.2, 0.25) is 0 Å². The maximum absolute atomic E-state index is 10.4. The van der Waals surface area contributed by atoms with E-state index in [4.69, 9.17) is 26.8 Å². The predicted molar refractivity (Wildman–Crippen MR) is 65.1 cm³/mol. The molecular formula is C10H12N4O4. The van der Waals surface area contributed by atoms with Crippen LogP contribution >= 0.6 is 0 Å². The lowest BCUT2D eigenvalue weighted by Gasteiger charge is -1.97. The molecule has 0 saturated carbocycles. The van der Waals surface area contributed by atoms with Gasteiger partial charge >= 0.3 is 0 Å². The minimum absolute atomic E-state index is 0.0370. The molecule has 0 spiro atoms. The Morgan fingerprint density at radius 3 is 2.00 bits per heavy atom. The molecule has 2 aromatic heterocycles. The molecular weight excluding hydrogens is 240 g/mol. The number of hydrogen-bond acceptors (Lipinski definition) is 7. The number of nitrogens with one attached hydrogen (secondary N) is 1. The number of nitrogens with two attached hydrogens (primary N) is 2. The summed E-state index contributed by atoms with van der Waals surface area (Å²) in [5.74, 6) is -0.500. The van der Waals surface area contributed by atoms with Gasteiger partial charge in [-0.1, -0.05) is 0 Å². The van der Waals surface area contributed by atoms with Crippen LogP contribution in [0.1, 0.15) is 0 Å². The molecule has 18 heavy (non-hydrogen) atoms. The molecule has 8 heteroatoms. The zero-order chi connectivity index (χ0) is 13.7. The van der Waals surface area contributed by atoms with Gasteiger partial charge in [0, 0.05) is 12.3 Å². The molecule has 8 N–H and O–H groups in total. The zero-order valence-electron chi connectivity index (χ0n) is 9.16. The van der Waals surface area contributed by atoms with Crippen LogP contribution in [0.3, 0.4) is 0 Å². The summed E-state index contributed by atoms with van der Waals surface area (Å²) in [5, 5.41) is 26.3. The Morgan fingerprint density at radius 1 is 1.06 bits per heavy atom. The number of nitrogens with zero attached hydrogens (tertiary/aromatic N) is 1. The second kappa shape index (κ2) is 5.43. The monoisotopic (exact) mass is 252 g/mol. The molecule has 0 radical (unpaired) electrons. The van der Waals surface area contributed by atoms with Gasteiger partial charge in [0.05, 0.1) is 18.1 Å². The van der Waals surface area contributed by atoms with Crippen LogP contribution in [0.5, 0.6) is 17.2 Å². The van der Waals surface area contributed by atoms with E-state index in [-0.39, 0.29) is 34.2 Å². The minimum Gasteiger partial charge on any atom is -0.504 e. The average Bonchev–Trinajstić information content (AvgIpc) is 2.32. The fourth-order valence-corrected chi connectivity index (χ4v) is 0.928. The van der Waals surface area contributed by atoms with Gasteiger partial charge in [0.1, 0.15) is 5.69 Å². The first kappa shape index (κ1) is 13.2. The van der Waals surface area contributed by atoms with Gasteiger partial charge in [-0.25, -0.2) is 0 Å². The van der Waals surface area contributed by atoms with Crippen molar-refractivity contribution >= 4 is 11.4 Å². The van der Waals surface area contributed by atoms with E-state index in [1.54, 1.807) is 0 Å². The van der Waals surface area contributed by atoms with Crippen LogP contribution in [0.15, 0.2) is 29.5 Å². The number of aromatic nitrogens is 2. The van der Waals surface area contributed by atoms with Crippen LogP contribution in [-0.2, 0) is 0 Å². The van der Waals surface area contributed by atoms with Crippen LogP contribution in [-0.4, -0.2) is 25.3 Å². The molecule has 0 aliphatic carbocycles. The molecule has 0 saturated heterocycles. The minimum atomic E-state index is -0.315. The number of aromatic amines is 1. The summed E-state index contributed by atoms with van der Waals surface area (Å²) in [4.78, 5) is 16.1. The first-order chi connectivity index (χ1) is 8.41. The molecule has 0 aromatic carbocycles. The Kier molecular flexibility index (Phi) is 3.98. The lowest BCUT2D eigenvalue weighted by Crippen LogP contribution is -2.03. The molecule has 96 valence electrons. The zero-order valence-corrected chi connectivity index (χ0v) is 9.16. The van der Waals surface area contributed by atoms with E-state index in [0.717, 1.165) is 24.7 Å². The van der Waals surface area contributed by atoms with E-state index < -0.39 is 0 Å². The Labute approximate surface area is 101 Å². The van der Waals surface area contributed by atoms with Crippen molar-refractivity contribution in [3.05, 3.63) is 35.0 Å². The molecule has 0 atom stereocenters. The van der Waals surface area contributed by atoms with Gasteiger partial charge in [-0.2, -0.15) is 0 Å². The number of aromatic hydroxyl groups is 3. The number of anilines is 2. The summed E-state index contributed by atoms with van der Waals surface area (Å²) in [6, 6.07) is 1.12. The van der Waals surface area contributed by atoms with E-state index >= 15 is 0 Å². The van der Waals surface area contributed by atoms with Crippen molar-refractivity contribution in [1.82, 2.24) is 9.97 Å². The third-order valence-corrected chi connectivity index (χ3v) is 1.88. The summed E-state index contributed by atoms with van der Waals surface area (Å²) >= 11 is 0.